The van der Waals surface area contributed by atoms with Crippen molar-refractivity contribution in [3.8, 4) is 0 Å². The Balaban J connectivity index is 1.47. The molecule has 0 saturated carbocycles. The average Bonchev–Trinajstić information content (AvgIpc) is 3.12. The van der Waals surface area contributed by atoms with Crippen LogP contribution in [0.15, 0.2) is 55.0 Å². The third kappa shape index (κ3) is 4.17. The molecule has 1 aliphatic rings. The number of hydrogen-bond acceptors (Lipinski definition) is 3. The van der Waals surface area contributed by atoms with E-state index >= 15 is 0 Å². The average molecular weight is 414 g/mol. The molecule has 0 bridgehead atoms. The van der Waals surface area contributed by atoms with Gasteiger partial charge in [0.05, 0.1) is 18.3 Å². The molecule has 30 heavy (non-hydrogen) atoms. The SMILES string of the molecule is Cn1cncc1CC(=O)N1CCc2c(cccc2Nc2ccc(C(F)(F)F)cc2)C1. The molecular formula is C22H21F3N4O. The van der Waals surface area contributed by atoms with Crippen LogP contribution < -0.4 is 5.32 Å². The van der Waals surface area contributed by atoms with Crippen LogP contribution in [0.2, 0.25) is 0 Å². The number of amides is 1. The Morgan fingerprint density at radius 1 is 1.17 bits per heavy atom. The van der Waals surface area contributed by atoms with Gasteiger partial charge in [0, 0.05) is 43.4 Å². The maximum atomic E-state index is 12.8. The number of benzene rings is 2. The summed E-state index contributed by atoms with van der Waals surface area (Å²) in [5.74, 6) is 0.0466. The molecule has 8 heteroatoms. The molecule has 1 aliphatic heterocycles. The first kappa shape index (κ1) is 20.0. The van der Waals surface area contributed by atoms with E-state index in [0.717, 1.165) is 34.6 Å². The Bertz CT molecular complexity index is 1060. The summed E-state index contributed by atoms with van der Waals surface area (Å²) >= 11 is 0. The van der Waals surface area contributed by atoms with E-state index in [9.17, 15) is 18.0 Å². The summed E-state index contributed by atoms with van der Waals surface area (Å²) in [4.78, 5) is 18.6. The summed E-state index contributed by atoms with van der Waals surface area (Å²) in [6.45, 7) is 1.10. The molecule has 2 aromatic carbocycles. The van der Waals surface area contributed by atoms with Crippen molar-refractivity contribution in [3.05, 3.63) is 77.4 Å². The predicted molar refractivity (Wildman–Crippen MR) is 107 cm³/mol. The Labute approximate surface area is 172 Å². The highest BCUT2D eigenvalue weighted by Gasteiger charge is 2.30. The quantitative estimate of drug-likeness (QED) is 0.692. The molecule has 1 N–H and O–H groups in total. The summed E-state index contributed by atoms with van der Waals surface area (Å²) < 4.78 is 40.1. The van der Waals surface area contributed by atoms with E-state index in [0.29, 0.717) is 31.6 Å². The minimum atomic E-state index is -4.35. The number of carbonyl (C=O) groups excluding carboxylic acids is 1. The van der Waals surface area contributed by atoms with Crippen LogP contribution in [-0.2, 0) is 37.4 Å². The summed E-state index contributed by atoms with van der Waals surface area (Å²) in [7, 11) is 1.86. The third-order valence-electron chi connectivity index (χ3n) is 5.36. The van der Waals surface area contributed by atoms with Crippen LogP contribution in [0.1, 0.15) is 22.4 Å². The van der Waals surface area contributed by atoms with Gasteiger partial charge >= 0.3 is 6.18 Å². The fourth-order valence-corrected chi connectivity index (χ4v) is 3.66. The van der Waals surface area contributed by atoms with Gasteiger partial charge in [-0.25, -0.2) is 4.98 Å². The van der Waals surface area contributed by atoms with Crippen molar-refractivity contribution >= 4 is 17.3 Å². The van der Waals surface area contributed by atoms with Crippen molar-refractivity contribution in [1.29, 1.82) is 0 Å². The van der Waals surface area contributed by atoms with Crippen LogP contribution in [0.4, 0.5) is 24.5 Å². The molecular weight excluding hydrogens is 393 g/mol. The van der Waals surface area contributed by atoms with E-state index in [1.807, 2.05) is 34.7 Å². The van der Waals surface area contributed by atoms with Gasteiger partial charge in [-0.05, 0) is 47.9 Å². The molecule has 2 heterocycles. The second-order valence-corrected chi connectivity index (χ2v) is 7.38. The maximum absolute atomic E-state index is 12.8. The molecule has 1 aromatic heterocycles. The number of aromatic nitrogens is 2. The second-order valence-electron chi connectivity index (χ2n) is 7.38. The number of fused-ring (bicyclic) bond motifs is 1. The van der Waals surface area contributed by atoms with Crippen LogP contribution in [0.25, 0.3) is 0 Å². The minimum absolute atomic E-state index is 0.0466. The molecule has 4 rings (SSSR count). The fourth-order valence-electron chi connectivity index (χ4n) is 3.66. The van der Waals surface area contributed by atoms with Gasteiger partial charge < -0.3 is 14.8 Å². The molecule has 0 aliphatic carbocycles. The lowest BCUT2D eigenvalue weighted by Gasteiger charge is -2.30. The van der Waals surface area contributed by atoms with Crippen molar-refractivity contribution in [2.24, 2.45) is 7.05 Å². The number of aryl methyl sites for hydroxylation is 1. The van der Waals surface area contributed by atoms with Crippen molar-refractivity contribution in [2.45, 2.75) is 25.6 Å². The number of hydrogen-bond donors (Lipinski definition) is 1. The van der Waals surface area contributed by atoms with Crippen molar-refractivity contribution in [1.82, 2.24) is 14.5 Å². The monoisotopic (exact) mass is 414 g/mol. The molecule has 0 radical (unpaired) electrons. The number of halogens is 3. The van der Waals surface area contributed by atoms with E-state index in [-0.39, 0.29) is 5.91 Å². The van der Waals surface area contributed by atoms with Crippen LogP contribution in [-0.4, -0.2) is 26.9 Å². The van der Waals surface area contributed by atoms with Crippen LogP contribution in [0.5, 0.6) is 0 Å². The van der Waals surface area contributed by atoms with Crippen LogP contribution >= 0.6 is 0 Å². The van der Waals surface area contributed by atoms with Gasteiger partial charge in [0.25, 0.3) is 0 Å². The van der Waals surface area contributed by atoms with E-state index in [4.69, 9.17) is 0 Å². The van der Waals surface area contributed by atoms with Gasteiger partial charge in [-0.2, -0.15) is 13.2 Å². The van der Waals surface area contributed by atoms with Gasteiger partial charge in [-0.15, -0.1) is 0 Å². The molecule has 0 fully saturated rings. The number of carbonyl (C=O) groups is 1. The highest BCUT2D eigenvalue weighted by atomic mass is 19.4. The molecule has 0 atom stereocenters. The maximum Gasteiger partial charge on any atom is 0.416 e. The second kappa shape index (κ2) is 7.85. The van der Waals surface area contributed by atoms with Crippen LogP contribution in [0.3, 0.4) is 0 Å². The van der Waals surface area contributed by atoms with Gasteiger partial charge in [0.15, 0.2) is 0 Å². The fraction of sp³-hybridized carbons (Fsp3) is 0.273. The molecule has 0 saturated heterocycles. The highest BCUT2D eigenvalue weighted by molar-refractivity contribution is 5.79. The van der Waals surface area contributed by atoms with Gasteiger partial charge in [-0.1, -0.05) is 12.1 Å². The lowest BCUT2D eigenvalue weighted by atomic mass is 9.97. The summed E-state index contributed by atoms with van der Waals surface area (Å²) in [5.41, 5.74) is 3.75. The number of nitrogens with zero attached hydrogens (tertiary/aromatic N) is 3. The zero-order valence-electron chi connectivity index (χ0n) is 16.4. The lowest BCUT2D eigenvalue weighted by Crippen LogP contribution is -2.37. The van der Waals surface area contributed by atoms with Gasteiger partial charge in [0.1, 0.15) is 0 Å². The smallest absolute Gasteiger partial charge is 0.355 e. The molecule has 5 nitrogen and oxygen atoms in total. The number of alkyl halides is 3. The van der Waals surface area contributed by atoms with Crippen molar-refractivity contribution in [3.63, 3.8) is 0 Å². The number of rotatable bonds is 4. The normalized spacial score (nSPS) is 13.8. The molecule has 0 unspecified atom stereocenters. The van der Waals surface area contributed by atoms with Crippen molar-refractivity contribution in [2.75, 3.05) is 11.9 Å². The van der Waals surface area contributed by atoms with E-state index in [2.05, 4.69) is 10.3 Å². The van der Waals surface area contributed by atoms with Crippen molar-refractivity contribution < 1.29 is 18.0 Å². The highest BCUT2D eigenvalue weighted by Crippen LogP contribution is 2.32. The summed E-state index contributed by atoms with van der Waals surface area (Å²) in [5, 5.41) is 3.22. The van der Waals surface area contributed by atoms with E-state index < -0.39 is 11.7 Å². The first-order valence-electron chi connectivity index (χ1n) is 9.59. The summed E-state index contributed by atoms with van der Waals surface area (Å²) in [6.07, 6.45) is -0.00328. The zero-order chi connectivity index (χ0) is 21.3. The Morgan fingerprint density at radius 2 is 1.93 bits per heavy atom. The Morgan fingerprint density at radius 3 is 2.60 bits per heavy atom. The van der Waals surface area contributed by atoms with Gasteiger partial charge in [0.2, 0.25) is 5.91 Å². The Kier molecular flexibility index (Phi) is 5.24. The first-order valence-corrected chi connectivity index (χ1v) is 9.59. The zero-order valence-corrected chi connectivity index (χ0v) is 16.4. The third-order valence-corrected chi connectivity index (χ3v) is 5.36. The topological polar surface area (TPSA) is 50.2 Å². The van der Waals surface area contributed by atoms with E-state index in [1.54, 1.807) is 12.5 Å². The largest absolute Gasteiger partial charge is 0.416 e. The molecule has 1 amide bonds. The molecule has 156 valence electrons. The Hall–Kier alpha value is -3.29. The predicted octanol–water partition coefficient (Wildman–Crippen LogP) is 4.31. The number of imidazole rings is 1. The van der Waals surface area contributed by atoms with Gasteiger partial charge in [-0.3, -0.25) is 4.79 Å². The number of anilines is 2. The molecule has 0 spiro atoms. The van der Waals surface area contributed by atoms with Crippen LogP contribution in [0, 0.1) is 0 Å². The molecule has 3 aromatic rings. The first-order chi connectivity index (χ1) is 14.3. The van der Waals surface area contributed by atoms with E-state index in [1.165, 1.54) is 12.1 Å². The summed E-state index contributed by atoms with van der Waals surface area (Å²) in [6, 6.07) is 10.8. The lowest BCUT2D eigenvalue weighted by molar-refractivity contribution is -0.137. The minimum Gasteiger partial charge on any atom is -0.355 e. The standard InChI is InChI=1S/C22H21F3N4O/c1-28-14-26-12-18(28)11-21(30)29-10-9-19-15(13-29)3-2-4-20(19)27-17-7-5-16(6-8-17)22(23,24)25/h2-8,12,14,27H,9-11,13H2,1H3. The number of nitrogens with one attached hydrogen (secondary N) is 1.